The zero-order chi connectivity index (χ0) is 14.4. The van der Waals surface area contributed by atoms with Gasteiger partial charge in [0.05, 0.1) is 6.42 Å². The summed E-state index contributed by atoms with van der Waals surface area (Å²) in [4.78, 5) is 22.7. The van der Waals surface area contributed by atoms with E-state index in [9.17, 15) is 9.59 Å². The molecule has 2 aliphatic carbocycles. The number of rotatable bonds is 8. The second-order valence-corrected chi connectivity index (χ2v) is 6.51. The molecule has 1 atom stereocenters. The van der Waals surface area contributed by atoms with Crippen LogP contribution >= 0.6 is 0 Å². The minimum Gasteiger partial charge on any atom is -0.481 e. The van der Waals surface area contributed by atoms with Crippen LogP contribution < -0.4 is 5.32 Å². The van der Waals surface area contributed by atoms with Gasteiger partial charge in [-0.2, -0.15) is 0 Å². The highest BCUT2D eigenvalue weighted by molar-refractivity contribution is 5.77. The Morgan fingerprint density at radius 1 is 1.10 bits per heavy atom. The fraction of sp³-hybridized carbons (Fsp3) is 0.875. The molecule has 0 bridgehead atoms. The summed E-state index contributed by atoms with van der Waals surface area (Å²) < 4.78 is 0. The first-order chi connectivity index (χ1) is 9.65. The number of carboxylic acids is 1. The standard InChI is InChI=1S/C16H27NO3/c18-15(8-4-7-12-5-2-1-3-6-12)17-14(11-16(19)20)13-9-10-13/h12-14H,1-11H2,(H,17,18)(H,19,20). The minimum atomic E-state index is -0.815. The van der Waals surface area contributed by atoms with Crippen LogP contribution in [0.3, 0.4) is 0 Å². The van der Waals surface area contributed by atoms with Crippen molar-refractivity contribution < 1.29 is 14.7 Å². The van der Waals surface area contributed by atoms with Gasteiger partial charge in [-0.15, -0.1) is 0 Å². The van der Waals surface area contributed by atoms with Gasteiger partial charge in [-0.1, -0.05) is 32.1 Å². The smallest absolute Gasteiger partial charge is 0.305 e. The molecule has 2 aliphatic rings. The molecule has 0 aromatic rings. The molecule has 0 aliphatic heterocycles. The number of aliphatic carboxylic acids is 1. The molecule has 2 N–H and O–H groups in total. The fourth-order valence-electron chi connectivity index (χ4n) is 3.33. The molecule has 1 amide bonds. The zero-order valence-corrected chi connectivity index (χ0v) is 12.3. The summed E-state index contributed by atoms with van der Waals surface area (Å²) in [6, 6.07) is -0.144. The third-order valence-corrected chi connectivity index (χ3v) is 4.67. The number of carbonyl (C=O) groups is 2. The number of nitrogens with one attached hydrogen (secondary N) is 1. The summed E-state index contributed by atoms with van der Waals surface area (Å²) >= 11 is 0. The van der Waals surface area contributed by atoms with E-state index in [0.717, 1.165) is 31.6 Å². The lowest BCUT2D eigenvalue weighted by Gasteiger charge is -2.21. The van der Waals surface area contributed by atoms with Crippen molar-refractivity contribution in [3.63, 3.8) is 0 Å². The van der Waals surface area contributed by atoms with Crippen LogP contribution in [0, 0.1) is 11.8 Å². The van der Waals surface area contributed by atoms with Crippen molar-refractivity contribution in [2.45, 2.75) is 76.7 Å². The normalized spacial score (nSPS) is 21.4. The summed E-state index contributed by atoms with van der Waals surface area (Å²) in [6.45, 7) is 0. The summed E-state index contributed by atoms with van der Waals surface area (Å²) in [5.74, 6) is 0.437. The first kappa shape index (κ1) is 15.3. The predicted molar refractivity (Wildman–Crippen MR) is 77.3 cm³/mol. The van der Waals surface area contributed by atoms with Crippen LogP contribution in [0.4, 0.5) is 0 Å². The van der Waals surface area contributed by atoms with E-state index in [0.29, 0.717) is 12.3 Å². The van der Waals surface area contributed by atoms with Gasteiger partial charge >= 0.3 is 5.97 Å². The van der Waals surface area contributed by atoms with Crippen LogP contribution in [0.1, 0.15) is 70.6 Å². The van der Waals surface area contributed by atoms with E-state index < -0.39 is 5.97 Å². The lowest BCUT2D eigenvalue weighted by atomic mass is 9.86. The van der Waals surface area contributed by atoms with E-state index >= 15 is 0 Å². The average Bonchev–Trinajstić information content (AvgIpc) is 3.23. The van der Waals surface area contributed by atoms with Crippen molar-refractivity contribution in [2.75, 3.05) is 0 Å². The number of hydrogen-bond acceptors (Lipinski definition) is 2. The van der Waals surface area contributed by atoms with Crippen LogP contribution in [0.5, 0.6) is 0 Å². The van der Waals surface area contributed by atoms with E-state index in [1.54, 1.807) is 0 Å². The maximum absolute atomic E-state index is 11.9. The molecule has 2 saturated carbocycles. The Labute approximate surface area is 121 Å². The largest absolute Gasteiger partial charge is 0.481 e. The van der Waals surface area contributed by atoms with Crippen LogP contribution in [-0.2, 0) is 9.59 Å². The summed E-state index contributed by atoms with van der Waals surface area (Å²) in [6.07, 6.45) is 11.5. The van der Waals surface area contributed by atoms with Gasteiger partial charge in [-0.05, 0) is 37.5 Å². The van der Waals surface area contributed by atoms with Crippen LogP contribution in [0.25, 0.3) is 0 Å². The second kappa shape index (κ2) is 7.65. The monoisotopic (exact) mass is 281 g/mol. The van der Waals surface area contributed by atoms with Crippen LogP contribution in [0.15, 0.2) is 0 Å². The van der Waals surface area contributed by atoms with Crippen LogP contribution in [-0.4, -0.2) is 23.0 Å². The number of carbonyl (C=O) groups excluding carboxylic acids is 1. The highest BCUT2D eigenvalue weighted by atomic mass is 16.4. The molecular formula is C16H27NO3. The molecule has 4 nitrogen and oxygen atoms in total. The lowest BCUT2D eigenvalue weighted by molar-refractivity contribution is -0.137. The van der Waals surface area contributed by atoms with Gasteiger partial charge in [0.1, 0.15) is 0 Å². The Kier molecular flexibility index (Phi) is 5.86. The van der Waals surface area contributed by atoms with Crippen molar-refractivity contribution in [3.8, 4) is 0 Å². The maximum Gasteiger partial charge on any atom is 0.305 e. The first-order valence-electron chi connectivity index (χ1n) is 8.16. The van der Waals surface area contributed by atoms with Gasteiger partial charge in [0.25, 0.3) is 0 Å². The Bertz CT molecular complexity index is 333. The fourth-order valence-corrected chi connectivity index (χ4v) is 3.33. The Balaban J connectivity index is 1.62. The molecule has 20 heavy (non-hydrogen) atoms. The zero-order valence-electron chi connectivity index (χ0n) is 12.3. The summed E-state index contributed by atoms with van der Waals surface area (Å²) in [5, 5.41) is 11.8. The number of carboxylic acid groups (broad SMARTS) is 1. The lowest BCUT2D eigenvalue weighted by Crippen LogP contribution is -2.38. The molecule has 114 valence electrons. The van der Waals surface area contributed by atoms with Crippen LogP contribution in [0.2, 0.25) is 0 Å². The van der Waals surface area contributed by atoms with Crippen molar-refractivity contribution in [3.05, 3.63) is 0 Å². The van der Waals surface area contributed by atoms with Gasteiger partial charge in [0.2, 0.25) is 5.91 Å². The van der Waals surface area contributed by atoms with Gasteiger partial charge < -0.3 is 10.4 Å². The summed E-state index contributed by atoms with van der Waals surface area (Å²) in [5.41, 5.74) is 0. The van der Waals surface area contributed by atoms with Crippen molar-refractivity contribution in [1.29, 1.82) is 0 Å². The molecule has 0 aromatic carbocycles. The van der Waals surface area contributed by atoms with E-state index in [1.807, 2.05) is 0 Å². The summed E-state index contributed by atoms with van der Waals surface area (Å²) in [7, 11) is 0. The molecule has 0 heterocycles. The molecule has 0 saturated heterocycles. The molecule has 2 rings (SSSR count). The minimum absolute atomic E-state index is 0.0407. The SMILES string of the molecule is O=C(O)CC(NC(=O)CCCC1CCCCC1)C1CC1. The third kappa shape index (κ3) is 5.51. The molecule has 2 fully saturated rings. The maximum atomic E-state index is 11.9. The number of amides is 1. The highest BCUT2D eigenvalue weighted by Crippen LogP contribution is 2.34. The Hall–Kier alpha value is -1.06. The molecule has 0 radical (unpaired) electrons. The molecule has 4 heteroatoms. The average molecular weight is 281 g/mol. The van der Waals surface area contributed by atoms with E-state index in [1.165, 1.54) is 32.1 Å². The van der Waals surface area contributed by atoms with Crippen molar-refractivity contribution in [1.82, 2.24) is 5.32 Å². The van der Waals surface area contributed by atoms with Gasteiger partial charge in [-0.3, -0.25) is 9.59 Å². The van der Waals surface area contributed by atoms with Gasteiger partial charge in [-0.25, -0.2) is 0 Å². The molecule has 1 unspecified atom stereocenters. The first-order valence-corrected chi connectivity index (χ1v) is 8.16. The van der Waals surface area contributed by atoms with E-state index in [4.69, 9.17) is 5.11 Å². The van der Waals surface area contributed by atoms with Gasteiger partial charge in [0.15, 0.2) is 0 Å². The Morgan fingerprint density at radius 3 is 2.40 bits per heavy atom. The van der Waals surface area contributed by atoms with Crippen molar-refractivity contribution in [2.24, 2.45) is 11.8 Å². The molecule has 0 spiro atoms. The Morgan fingerprint density at radius 2 is 1.80 bits per heavy atom. The predicted octanol–water partition coefficient (Wildman–Crippen LogP) is 3.11. The van der Waals surface area contributed by atoms with Gasteiger partial charge in [0, 0.05) is 12.5 Å². The molecule has 0 aromatic heterocycles. The highest BCUT2D eigenvalue weighted by Gasteiger charge is 2.33. The molecular weight excluding hydrogens is 254 g/mol. The quantitative estimate of drug-likeness (QED) is 0.718. The topological polar surface area (TPSA) is 66.4 Å². The van der Waals surface area contributed by atoms with E-state index in [-0.39, 0.29) is 18.4 Å². The third-order valence-electron chi connectivity index (χ3n) is 4.67. The number of hydrogen-bond donors (Lipinski definition) is 2. The van der Waals surface area contributed by atoms with Crippen molar-refractivity contribution >= 4 is 11.9 Å². The van der Waals surface area contributed by atoms with E-state index in [2.05, 4.69) is 5.32 Å². The second-order valence-electron chi connectivity index (χ2n) is 6.51.